The van der Waals surface area contributed by atoms with E-state index in [0.717, 1.165) is 10.6 Å². The molecule has 0 aliphatic carbocycles. The van der Waals surface area contributed by atoms with Crippen LogP contribution >= 0.6 is 0 Å². The Morgan fingerprint density at radius 3 is 2.55 bits per heavy atom. The first-order chi connectivity index (χ1) is 10.4. The highest BCUT2D eigenvalue weighted by Crippen LogP contribution is 2.09. The third-order valence-electron chi connectivity index (χ3n) is 2.85. The number of hydrogen-bond acceptors (Lipinski definition) is 6. The Hall–Kier alpha value is -2.55. The lowest BCUT2D eigenvalue weighted by atomic mass is 10.2. The molecule has 0 saturated carbocycles. The minimum atomic E-state index is -3.43. The van der Waals surface area contributed by atoms with E-state index < -0.39 is 10.0 Å². The molecule has 116 valence electrons. The number of rotatable bonds is 5. The lowest BCUT2D eigenvalue weighted by molar-refractivity contribution is 0.0950. The monoisotopic (exact) mass is 321 g/mol. The number of hydrogen-bond donors (Lipinski definition) is 1. The number of amides is 1. The lowest BCUT2D eigenvalue weighted by Gasteiger charge is -2.14. The van der Waals surface area contributed by atoms with Crippen molar-refractivity contribution in [2.45, 2.75) is 6.54 Å². The molecular weight excluding hydrogens is 306 g/mol. The largest absolute Gasteiger partial charge is 0.346 e. The minimum absolute atomic E-state index is 0.0539. The Bertz CT molecular complexity index is 764. The van der Waals surface area contributed by atoms with Gasteiger partial charge in [-0.2, -0.15) is 0 Å². The van der Waals surface area contributed by atoms with Gasteiger partial charge in [0.05, 0.1) is 18.5 Å². The molecule has 0 aliphatic heterocycles. The summed E-state index contributed by atoms with van der Waals surface area (Å²) in [5, 5.41) is 2.70. The van der Waals surface area contributed by atoms with Crippen molar-refractivity contribution in [3.63, 3.8) is 0 Å². The van der Waals surface area contributed by atoms with E-state index in [1.807, 2.05) is 0 Å². The van der Waals surface area contributed by atoms with Crippen LogP contribution in [0.2, 0.25) is 0 Å². The molecule has 8 nitrogen and oxygen atoms in total. The van der Waals surface area contributed by atoms with E-state index >= 15 is 0 Å². The maximum atomic E-state index is 11.9. The molecular formula is C13H15N5O3S. The molecule has 2 aromatic rings. The first-order valence-corrected chi connectivity index (χ1v) is 8.17. The molecule has 0 bridgehead atoms. The smallest absolute Gasteiger partial charge is 0.251 e. The first-order valence-electron chi connectivity index (χ1n) is 6.32. The third-order valence-corrected chi connectivity index (χ3v) is 4.01. The molecule has 0 saturated heterocycles. The SMILES string of the molecule is CN(c1nccc(CNC(=O)c2ccncc2)n1)S(C)(=O)=O. The quantitative estimate of drug-likeness (QED) is 0.843. The fourth-order valence-corrected chi connectivity index (χ4v) is 1.94. The molecule has 0 aliphatic rings. The predicted molar refractivity (Wildman–Crippen MR) is 80.7 cm³/mol. The predicted octanol–water partition coefficient (Wildman–Crippen LogP) is 0.197. The van der Waals surface area contributed by atoms with Gasteiger partial charge in [-0.1, -0.05) is 0 Å². The normalized spacial score (nSPS) is 11.0. The van der Waals surface area contributed by atoms with Crippen molar-refractivity contribution in [3.8, 4) is 0 Å². The highest BCUT2D eigenvalue weighted by Gasteiger charge is 2.15. The van der Waals surface area contributed by atoms with E-state index in [-0.39, 0.29) is 18.4 Å². The summed E-state index contributed by atoms with van der Waals surface area (Å²) in [5.74, 6) is -0.211. The maximum Gasteiger partial charge on any atom is 0.251 e. The van der Waals surface area contributed by atoms with Crippen LogP contribution in [0, 0.1) is 0 Å². The number of anilines is 1. The van der Waals surface area contributed by atoms with Gasteiger partial charge in [0, 0.05) is 31.2 Å². The second-order valence-corrected chi connectivity index (χ2v) is 6.51. The molecule has 2 rings (SSSR count). The lowest BCUT2D eigenvalue weighted by Crippen LogP contribution is -2.28. The van der Waals surface area contributed by atoms with Crippen LogP contribution in [0.25, 0.3) is 0 Å². The van der Waals surface area contributed by atoms with E-state index in [1.54, 1.807) is 18.2 Å². The minimum Gasteiger partial charge on any atom is -0.346 e. The number of nitrogens with zero attached hydrogens (tertiary/aromatic N) is 4. The average Bonchev–Trinajstić information content (AvgIpc) is 2.52. The van der Waals surface area contributed by atoms with Gasteiger partial charge < -0.3 is 5.32 Å². The molecule has 0 spiro atoms. The second-order valence-electron chi connectivity index (χ2n) is 4.50. The van der Waals surface area contributed by atoms with Crippen LogP contribution in [0.15, 0.2) is 36.8 Å². The van der Waals surface area contributed by atoms with Gasteiger partial charge in [-0.25, -0.2) is 22.7 Å². The standard InChI is InChI=1S/C13H15N5O3S/c1-18(22(2,20)21)13-15-8-5-11(17-13)9-16-12(19)10-3-6-14-7-4-10/h3-8H,9H2,1-2H3,(H,16,19). The number of sulfonamides is 1. The van der Waals surface area contributed by atoms with Crippen molar-refractivity contribution in [2.75, 3.05) is 17.6 Å². The number of carbonyl (C=O) groups excluding carboxylic acids is 1. The summed E-state index contributed by atoms with van der Waals surface area (Å²) in [4.78, 5) is 23.8. The zero-order valence-electron chi connectivity index (χ0n) is 12.1. The molecule has 1 amide bonds. The van der Waals surface area contributed by atoms with Gasteiger partial charge in [-0.05, 0) is 18.2 Å². The van der Waals surface area contributed by atoms with E-state index in [0.29, 0.717) is 11.3 Å². The summed E-state index contributed by atoms with van der Waals surface area (Å²) >= 11 is 0. The highest BCUT2D eigenvalue weighted by atomic mass is 32.2. The Kier molecular flexibility index (Phi) is 4.66. The maximum absolute atomic E-state index is 11.9. The second kappa shape index (κ2) is 6.48. The van der Waals surface area contributed by atoms with Gasteiger partial charge in [-0.15, -0.1) is 0 Å². The molecule has 0 aromatic carbocycles. The molecule has 2 aromatic heterocycles. The fourth-order valence-electron chi connectivity index (χ4n) is 1.56. The molecule has 9 heteroatoms. The average molecular weight is 321 g/mol. The molecule has 2 heterocycles. The molecule has 0 fully saturated rings. The summed E-state index contributed by atoms with van der Waals surface area (Å²) in [7, 11) is -2.07. The van der Waals surface area contributed by atoms with E-state index in [2.05, 4.69) is 20.3 Å². The van der Waals surface area contributed by atoms with Crippen LogP contribution in [0.5, 0.6) is 0 Å². The Balaban J connectivity index is 2.07. The zero-order chi connectivity index (χ0) is 16.2. The number of aromatic nitrogens is 3. The van der Waals surface area contributed by atoms with Crippen LogP contribution in [0.1, 0.15) is 16.1 Å². The summed E-state index contributed by atoms with van der Waals surface area (Å²) in [6.07, 6.45) is 5.56. The van der Waals surface area contributed by atoms with Crippen LogP contribution in [-0.2, 0) is 16.6 Å². The highest BCUT2D eigenvalue weighted by molar-refractivity contribution is 7.92. The van der Waals surface area contributed by atoms with Crippen molar-refractivity contribution in [3.05, 3.63) is 48.0 Å². The van der Waals surface area contributed by atoms with Crippen LogP contribution in [-0.4, -0.2) is 42.6 Å². The summed E-state index contributed by atoms with van der Waals surface area (Å²) in [6.45, 7) is 0.161. The van der Waals surface area contributed by atoms with Gasteiger partial charge in [0.1, 0.15) is 0 Å². The zero-order valence-corrected chi connectivity index (χ0v) is 12.9. The van der Waals surface area contributed by atoms with Crippen LogP contribution < -0.4 is 9.62 Å². The Morgan fingerprint density at radius 2 is 1.91 bits per heavy atom. The molecule has 22 heavy (non-hydrogen) atoms. The molecule has 1 N–H and O–H groups in total. The van der Waals surface area contributed by atoms with Crippen molar-refractivity contribution >= 4 is 21.9 Å². The molecule has 0 radical (unpaired) electrons. The number of pyridine rings is 1. The van der Waals surface area contributed by atoms with Crippen molar-refractivity contribution < 1.29 is 13.2 Å². The van der Waals surface area contributed by atoms with Crippen LogP contribution in [0.3, 0.4) is 0 Å². The van der Waals surface area contributed by atoms with Crippen molar-refractivity contribution in [2.24, 2.45) is 0 Å². The van der Waals surface area contributed by atoms with E-state index in [1.165, 1.54) is 25.6 Å². The van der Waals surface area contributed by atoms with Gasteiger partial charge in [0.2, 0.25) is 16.0 Å². The van der Waals surface area contributed by atoms with Crippen molar-refractivity contribution in [1.82, 2.24) is 20.3 Å². The Labute approximate surface area is 128 Å². The number of nitrogens with one attached hydrogen (secondary N) is 1. The van der Waals surface area contributed by atoms with E-state index in [4.69, 9.17) is 0 Å². The fraction of sp³-hybridized carbons (Fsp3) is 0.231. The topological polar surface area (TPSA) is 105 Å². The van der Waals surface area contributed by atoms with E-state index in [9.17, 15) is 13.2 Å². The molecule has 0 unspecified atom stereocenters. The van der Waals surface area contributed by atoms with Gasteiger partial charge in [0.15, 0.2) is 0 Å². The van der Waals surface area contributed by atoms with Gasteiger partial charge in [0.25, 0.3) is 5.91 Å². The number of carbonyl (C=O) groups is 1. The summed E-state index contributed by atoms with van der Waals surface area (Å²) < 4.78 is 23.9. The van der Waals surface area contributed by atoms with Gasteiger partial charge >= 0.3 is 0 Å². The van der Waals surface area contributed by atoms with Crippen LogP contribution in [0.4, 0.5) is 5.95 Å². The van der Waals surface area contributed by atoms with Gasteiger partial charge in [-0.3, -0.25) is 9.78 Å². The Morgan fingerprint density at radius 1 is 1.23 bits per heavy atom. The first kappa shape index (κ1) is 15.8. The molecule has 0 atom stereocenters. The van der Waals surface area contributed by atoms with Crippen molar-refractivity contribution in [1.29, 1.82) is 0 Å². The third kappa shape index (κ3) is 3.98. The summed E-state index contributed by atoms with van der Waals surface area (Å²) in [6, 6.07) is 4.79. The summed E-state index contributed by atoms with van der Waals surface area (Å²) in [5.41, 5.74) is 0.987.